The number of carbonyl (C=O) groups is 1. The lowest BCUT2D eigenvalue weighted by Crippen LogP contribution is -2.28. The lowest BCUT2D eigenvalue weighted by molar-refractivity contribution is -0.151. The standard InChI is InChI=1S/C18H27NO2.2C2H6/c1-4-8-14(2)17(15-9-6-5-7-10-15)18(20)21-16-11-12-19(3)13-16;2*1-2/h5-7,9-10,14,16-17H,4,8,11-13H2,1-3H3;2*1-2H3. The van der Waals surface area contributed by atoms with Crippen LogP contribution >= 0.6 is 0 Å². The van der Waals surface area contributed by atoms with Crippen LogP contribution in [0.4, 0.5) is 0 Å². The molecule has 3 atom stereocenters. The highest BCUT2D eigenvalue weighted by atomic mass is 16.5. The summed E-state index contributed by atoms with van der Waals surface area (Å²) >= 11 is 0. The van der Waals surface area contributed by atoms with Crippen LogP contribution in [0.15, 0.2) is 30.3 Å². The maximum absolute atomic E-state index is 12.7. The van der Waals surface area contributed by atoms with Crippen LogP contribution in [0, 0.1) is 5.92 Å². The summed E-state index contributed by atoms with van der Waals surface area (Å²) in [7, 11) is 2.07. The minimum Gasteiger partial charge on any atom is -0.460 e. The summed E-state index contributed by atoms with van der Waals surface area (Å²) in [6, 6.07) is 10.1. The molecule has 3 unspecified atom stereocenters. The molecular weight excluding hydrogens is 310 g/mol. The number of esters is 1. The zero-order valence-electron chi connectivity index (χ0n) is 17.4. The maximum Gasteiger partial charge on any atom is 0.314 e. The number of ether oxygens (including phenoxy) is 1. The van der Waals surface area contributed by atoms with E-state index in [2.05, 4.69) is 25.8 Å². The highest BCUT2D eigenvalue weighted by Crippen LogP contribution is 2.30. The van der Waals surface area contributed by atoms with E-state index in [1.165, 1.54) is 0 Å². The summed E-state index contributed by atoms with van der Waals surface area (Å²) in [6.07, 6.45) is 3.14. The Bertz CT molecular complexity index is 447. The molecule has 1 aromatic carbocycles. The molecule has 1 aromatic rings. The van der Waals surface area contributed by atoms with E-state index < -0.39 is 0 Å². The first-order valence-electron chi connectivity index (χ1n) is 10.1. The fraction of sp³-hybridized carbons (Fsp3) is 0.682. The van der Waals surface area contributed by atoms with Crippen LogP contribution in [0.3, 0.4) is 0 Å². The number of hydrogen-bond donors (Lipinski definition) is 0. The van der Waals surface area contributed by atoms with Crippen molar-refractivity contribution in [3.63, 3.8) is 0 Å². The van der Waals surface area contributed by atoms with E-state index in [0.29, 0.717) is 5.92 Å². The molecule has 0 aliphatic carbocycles. The third-order valence-corrected chi connectivity index (χ3v) is 4.36. The number of hydrogen-bond acceptors (Lipinski definition) is 3. The molecule has 1 aliphatic rings. The Labute approximate surface area is 155 Å². The van der Waals surface area contributed by atoms with Crippen molar-refractivity contribution in [2.24, 2.45) is 5.92 Å². The average molecular weight is 350 g/mol. The van der Waals surface area contributed by atoms with Crippen LogP contribution in [-0.4, -0.2) is 37.1 Å². The summed E-state index contributed by atoms with van der Waals surface area (Å²) in [5.41, 5.74) is 1.08. The molecule has 1 saturated heterocycles. The minimum atomic E-state index is -0.142. The summed E-state index contributed by atoms with van der Waals surface area (Å²) < 4.78 is 5.79. The number of likely N-dealkylation sites (tertiary alicyclic amines) is 1. The van der Waals surface area contributed by atoms with Gasteiger partial charge in [0, 0.05) is 13.1 Å². The monoisotopic (exact) mass is 349 g/mol. The van der Waals surface area contributed by atoms with Crippen LogP contribution in [0.1, 0.15) is 72.3 Å². The van der Waals surface area contributed by atoms with Crippen molar-refractivity contribution >= 4 is 5.97 Å². The first kappa shape index (κ1) is 23.6. The second kappa shape index (κ2) is 13.9. The van der Waals surface area contributed by atoms with E-state index in [1.54, 1.807) is 0 Å². The van der Waals surface area contributed by atoms with Crippen molar-refractivity contribution in [3.05, 3.63) is 35.9 Å². The number of carbonyl (C=O) groups excluding carboxylic acids is 1. The van der Waals surface area contributed by atoms with Gasteiger partial charge in [-0.05, 0) is 31.4 Å². The zero-order chi connectivity index (χ0) is 19.2. The average Bonchev–Trinajstić information content (AvgIpc) is 3.04. The molecular formula is C22H39NO2. The van der Waals surface area contributed by atoms with E-state index >= 15 is 0 Å². The van der Waals surface area contributed by atoms with Gasteiger partial charge in [0.1, 0.15) is 6.10 Å². The Morgan fingerprint density at radius 3 is 2.28 bits per heavy atom. The van der Waals surface area contributed by atoms with Gasteiger partial charge in [-0.25, -0.2) is 0 Å². The molecule has 0 spiro atoms. The first-order valence-corrected chi connectivity index (χ1v) is 10.1. The molecule has 3 heteroatoms. The molecule has 0 amide bonds. The molecule has 144 valence electrons. The summed E-state index contributed by atoms with van der Waals surface area (Å²) in [4.78, 5) is 14.9. The van der Waals surface area contributed by atoms with Gasteiger partial charge in [-0.3, -0.25) is 4.79 Å². The predicted octanol–water partition coefficient (Wildman–Crippen LogP) is 5.51. The van der Waals surface area contributed by atoms with Crippen LogP contribution < -0.4 is 0 Å². The number of likely N-dealkylation sites (N-methyl/N-ethyl adjacent to an activating group) is 1. The Balaban J connectivity index is 0.00000134. The van der Waals surface area contributed by atoms with Crippen LogP contribution in [0.2, 0.25) is 0 Å². The van der Waals surface area contributed by atoms with Crippen molar-refractivity contribution in [3.8, 4) is 0 Å². The topological polar surface area (TPSA) is 29.5 Å². The molecule has 25 heavy (non-hydrogen) atoms. The van der Waals surface area contributed by atoms with Crippen molar-refractivity contribution in [1.82, 2.24) is 4.90 Å². The number of rotatable bonds is 6. The predicted molar refractivity (Wildman–Crippen MR) is 108 cm³/mol. The van der Waals surface area contributed by atoms with E-state index in [-0.39, 0.29) is 18.0 Å². The van der Waals surface area contributed by atoms with Gasteiger partial charge in [-0.15, -0.1) is 0 Å². The van der Waals surface area contributed by atoms with Gasteiger partial charge in [0.15, 0.2) is 0 Å². The molecule has 0 aromatic heterocycles. The molecule has 0 radical (unpaired) electrons. The van der Waals surface area contributed by atoms with Gasteiger partial charge in [0.2, 0.25) is 0 Å². The first-order chi connectivity index (χ1) is 12.1. The molecule has 1 fully saturated rings. The highest BCUT2D eigenvalue weighted by molar-refractivity contribution is 5.78. The second-order valence-electron chi connectivity index (χ2n) is 6.26. The Kier molecular flexibility index (Phi) is 13.1. The van der Waals surface area contributed by atoms with E-state index in [0.717, 1.165) is 37.9 Å². The van der Waals surface area contributed by atoms with E-state index in [1.807, 2.05) is 58.0 Å². The van der Waals surface area contributed by atoms with Crippen LogP contribution in [-0.2, 0) is 9.53 Å². The van der Waals surface area contributed by atoms with Gasteiger partial charge < -0.3 is 9.64 Å². The quantitative estimate of drug-likeness (QED) is 0.635. The normalized spacial score (nSPS) is 18.9. The fourth-order valence-corrected chi connectivity index (χ4v) is 3.21. The molecule has 1 aliphatic heterocycles. The maximum atomic E-state index is 12.7. The van der Waals surface area contributed by atoms with Crippen molar-refractivity contribution < 1.29 is 9.53 Å². The molecule has 0 bridgehead atoms. The summed E-state index contributed by atoms with van der Waals surface area (Å²) in [5, 5.41) is 0. The summed E-state index contributed by atoms with van der Waals surface area (Å²) in [6.45, 7) is 14.2. The third kappa shape index (κ3) is 8.04. The highest BCUT2D eigenvalue weighted by Gasteiger charge is 2.31. The Morgan fingerprint density at radius 2 is 1.80 bits per heavy atom. The van der Waals surface area contributed by atoms with E-state index in [4.69, 9.17) is 4.74 Å². The molecule has 1 heterocycles. The fourth-order valence-electron chi connectivity index (χ4n) is 3.21. The number of benzene rings is 1. The molecule has 0 N–H and O–H groups in total. The molecule has 3 nitrogen and oxygen atoms in total. The molecule has 2 rings (SSSR count). The van der Waals surface area contributed by atoms with Crippen molar-refractivity contribution in [1.29, 1.82) is 0 Å². The van der Waals surface area contributed by atoms with E-state index in [9.17, 15) is 4.79 Å². The van der Waals surface area contributed by atoms with Gasteiger partial charge >= 0.3 is 5.97 Å². The third-order valence-electron chi connectivity index (χ3n) is 4.36. The van der Waals surface area contributed by atoms with Crippen molar-refractivity contribution in [2.45, 2.75) is 72.8 Å². The largest absolute Gasteiger partial charge is 0.460 e. The van der Waals surface area contributed by atoms with Gasteiger partial charge in [-0.1, -0.05) is 78.3 Å². The Morgan fingerprint density at radius 1 is 1.20 bits per heavy atom. The SMILES string of the molecule is CC.CC.CCCC(C)C(C(=O)OC1CCN(C)C1)c1ccccc1. The Hall–Kier alpha value is -1.35. The smallest absolute Gasteiger partial charge is 0.314 e. The second-order valence-corrected chi connectivity index (χ2v) is 6.26. The van der Waals surface area contributed by atoms with Crippen LogP contribution in [0.5, 0.6) is 0 Å². The summed E-state index contributed by atoms with van der Waals surface area (Å²) in [5.74, 6) is 0.114. The lowest BCUT2D eigenvalue weighted by Gasteiger charge is -2.24. The zero-order valence-corrected chi connectivity index (χ0v) is 17.4. The van der Waals surface area contributed by atoms with Crippen LogP contribution in [0.25, 0.3) is 0 Å². The molecule has 0 saturated carbocycles. The van der Waals surface area contributed by atoms with Crippen molar-refractivity contribution in [2.75, 3.05) is 20.1 Å². The minimum absolute atomic E-state index is 0.0533. The number of nitrogens with zero attached hydrogens (tertiary/aromatic N) is 1. The van der Waals surface area contributed by atoms with Gasteiger partial charge in [-0.2, -0.15) is 0 Å². The lowest BCUT2D eigenvalue weighted by atomic mass is 9.84. The van der Waals surface area contributed by atoms with Gasteiger partial charge in [0.05, 0.1) is 5.92 Å². The van der Waals surface area contributed by atoms with Gasteiger partial charge in [0.25, 0.3) is 0 Å².